The highest BCUT2D eigenvalue weighted by Gasteiger charge is 2.26. The smallest absolute Gasteiger partial charge is 0.241 e. The molecule has 2 aromatic rings. The summed E-state index contributed by atoms with van der Waals surface area (Å²) in [5.74, 6) is -0.191. The van der Waals surface area contributed by atoms with Crippen LogP contribution in [0.2, 0.25) is 0 Å². The first kappa shape index (κ1) is 18.4. The normalized spacial score (nSPS) is 16.4. The summed E-state index contributed by atoms with van der Waals surface area (Å²) in [6, 6.07) is 12.6. The lowest BCUT2D eigenvalue weighted by molar-refractivity contribution is -0.120. The first-order valence-corrected chi connectivity index (χ1v) is 9.08. The number of para-hydroxylation sites is 2. The van der Waals surface area contributed by atoms with Gasteiger partial charge >= 0.3 is 0 Å². The molecule has 2 aromatic carbocycles. The molecule has 1 heterocycles. The Balaban J connectivity index is 1.60. The van der Waals surface area contributed by atoms with Crippen molar-refractivity contribution in [2.24, 2.45) is 0 Å². The van der Waals surface area contributed by atoms with Gasteiger partial charge in [0.15, 0.2) is 0 Å². The number of aryl methyl sites for hydroxylation is 2. The van der Waals surface area contributed by atoms with Crippen molar-refractivity contribution in [3.63, 3.8) is 0 Å². The van der Waals surface area contributed by atoms with Gasteiger partial charge in [-0.1, -0.05) is 30.3 Å². The van der Waals surface area contributed by atoms with Gasteiger partial charge in [-0.3, -0.25) is 9.69 Å². The minimum atomic E-state index is -0.225. The van der Waals surface area contributed by atoms with Crippen molar-refractivity contribution < 1.29 is 9.18 Å². The van der Waals surface area contributed by atoms with Crippen LogP contribution >= 0.6 is 0 Å². The van der Waals surface area contributed by atoms with Crippen LogP contribution in [0, 0.1) is 19.7 Å². The van der Waals surface area contributed by atoms with Crippen molar-refractivity contribution in [2.75, 3.05) is 36.4 Å². The number of hydrogen-bond donors (Lipinski definition) is 1. The van der Waals surface area contributed by atoms with Crippen LogP contribution in [0.15, 0.2) is 42.5 Å². The number of benzene rings is 2. The molecule has 138 valence electrons. The van der Waals surface area contributed by atoms with E-state index in [-0.39, 0.29) is 17.8 Å². The largest absolute Gasteiger partial charge is 0.367 e. The van der Waals surface area contributed by atoms with Crippen LogP contribution in [0.3, 0.4) is 0 Å². The van der Waals surface area contributed by atoms with Crippen LogP contribution in [0.4, 0.5) is 15.8 Å². The van der Waals surface area contributed by atoms with Gasteiger partial charge in [-0.05, 0) is 44.0 Å². The predicted octanol–water partition coefficient (Wildman–Crippen LogP) is 3.59. The molecule has 0 spiro atoms. The second-order valence-corrected chi connectivity index (χ2v) is 6.91. The molecule has 1 aliphatic heterocycles. The van der Waals surface area contributed by atoms with E-state index in [0.717, 1.165) is 29.9 Å². The molecule has 0 radical (unpaired) electrons. The van der Waals surface area contributed by atoms with E-state index in [0.29, 0.717) is 18.8 Å². The number of nitrogens with zero attached hydrogens (tertiary/aromatic N) is 2. The van der Waals surface area contributed by atoms with Crippen LogP contribution in [0.25, 0.3) is 0 Å². The maximum Gasteiger partial charge on any atom is 0.241 e. The lowest BCUT2D eigenvalue weighted by Crippen LogP contribution is -2.53. The lowest BCUT2D eigenvalue weighted by atomic mass is 10.1. The summed E-state index contributed by atoms with van der Waals surface area (Å²) < 4.78 is 14.0. The maximum absolute atomic E-state index is 14.0. The van der Waals surface area contributed by atoms with Gasteiger partial charge in [0.05, 0.1) is 11.7 Å². The number of carbonyl (C=O) groups excluding carboxylic acids is 1. The van der Waals surface area contributed by atoms with Crippen molar-refractivity contribution >= 4 is 17.3 Å². The van der Waals surface area contributed by atoms with Gasteiger partial charge in [0.1, 0.15) is 5.82 Å². The fraction of sp³-hybridized carbons (Fsp3) is 0.381. The van der Waals surface area contributed by atoms with E-state index in [2.05, 4.69) is 10.2 Å². The topological polar surface area (TPSA) is 35.6 Å². The first-order valence-electron chi connectivity index (χ1n) is 9.08. The molecule has 4 nitrogen and oxygen atoms in total. The Bertz CT molecular complexity index is 764. The third kappa shape index (κ3) is 3.88. The monoisotopic (exact) mass is 355 g/mol. The van der Waals surface area contributed by atoms with Gasteiger partial charge in [0.2, 0.25) is 5.91 Å². The van der Waals surface area contributed by atoms with Crippen LogP contribution in [-0.2, 0) is 4.79 Å². The Kier molecular flexibility index (Phi) is 5.57. The van der Waals surface area contributed by atoms with Gasteiger partial charge in [0, 0.05) is 31.9 Å². The third-order valence-corrected chi connectivity index (χ3v) is 5.16. The minimum absolute atomic E-state index is 0.00161. The highest BCUT2D eigenvalue weighted by Crippen LogP contribution is 2.22. The molecule has 1 unspecified atom stereocenters. The quantitative estimate of drug-likeness (QED) is 0.910. The van der Waals surface area contributed by atoms with E-state index in [1.54, 1.807) is 6.07 Å². The SMILES string of the molecule is Cc1cccc(C)c1NC(=O)C(C)N1CCN(c2ccccc2F)CC1. The van der Waals surface area contributed by atoms with Gasteiger partial charge in [-0.15, -0.1) is 0 Å². The molecule has 0 aliphatic carbocycles. The standard InChI is InChI=1S/C21H26FN3O/c1-15-7-6-8-16(2)20(15)23-21(26)17(3)24-11-13-25(14-12-24)19-10-5-4-9-18(19)22/h4-10,17H,11-14H2,1-3H3,(H,23,26). The van der Waals surface area contributed by atoms with Crippen molar-refractivity contribution in [3.8, 4) is 0 Å². The van der Waals surface area contributed by atoms with E-state index in [1.807, 2.05) is 56.0 Å². The second-order valence-electron chi connectivity index (χ2n) is 6.91. The molecular formula is C21H26FN3O. The molecule has 1 amide bonds. The minimum Gasteiger partial charge on any atom is -0.367 e. The summed E-state index contributed by atoms with van der Waals surface area (Å²) in [6.07, 6.45) is 0. The zero-order valence-electron chi connectivity index (χ0n) is 15.6. The zero-order valence-corrected chi connectivity index (χ0v) is 15.6. The van der Waals surface area contributed by atoms with Crippen molar-refractivity contribution in [3.05, 3.63) is 59.4 Å². The van der Waals surface area contributed by atoms with E-state index < -0.39 is 0 Å². The highest BCUT2D eigenvalue weighted by atomic mass is 19.1. The summed E-state index contributed by atoms with van der Waals surface area (Å²) in [6.45, 7) is 8.82. The van der Waals surface area contributed by atoms with Gasteiger partial charge in [-0.25, -0.2) is 4.39 Å². The molecule has 1 saturated heterocycles. The van der Waals surface area contributed by atoms with E-state index in [1.165, 1.54) is 6.07 Å². The fourth-order valence-corrected chi connectivity index (χ4v) is 3.46. The Morgan fingerprint density at radius 1 is 1.00 bits per heavy atom. The van der Waals surface area contributed by atoms with Crippen molar-refractivity contribution in [1.29, 1.82) is 0 Å². The van der Waals surface area contributed by atoms with E-state index in [4.69, 9.17) is 0 Å². The fourth-order valence-electron chi connectivity index (χ4n) is 3.46. The molecule has 0 aromatic heterocycles. The lowest BCUT2D eigenvalue weighted by Gasteiger charge is -2.38. The van der Waals surface area contributed by atoms with Gasteiger partial charge in [-0.2, -0.15) is 0 Å². The van der Waals surface area contributed by atoms with E-state index in [9.17, 15) is 9.18 Å². The summed E-state index contributed by atoms with van der Waals surface area (Å²) in [4.78, 5) is 16.9. The maximum atomic E-state index is 14.0. The molecule has 1 N–H and O–H groups in total. The molecule has 26 heavy (non-hydrogen) atoms. The van der Waals surface area contributed by atoms with Gasteiger partial charge < -0.3 is 10.2 Å². The number of amides is 1. The number of anilines is 2. The average molecular weight is 355 g/mol. The van der Waals surface area contributed by atoms with Crippen LogP contribution in [-0.4, -0.2) is 43.0 Å². The summed E-state index contributed by atoms with van der Waals surface area (Å²) in [7, 11) is 0. The summed E-state index contributed by atoms with van der Waals surface area (Å²) >= 11 is 0. The highest BCUT2D eigenvalue weighted by molar-refractivity contribution is 5.95. The van der Waals surface area contributed by atoms with Gasteiger partial charge in [0.25, 0.3) is 0 Å². The molecule has 5 heteroatoms. The third-order valence-electron chi connectivity index (χ3n) is 5.16. The summed E-state index contributed by atoms with van der Waals surface area (Å²) in [5, 5.41) is 3.07. The molecule has 0 saturated carbocycles. The Labute approximate surface area is 154 Å². The van der Waals surface area contributed by atoms with Crippen molar-refractivity contribution in [2.45, 2.75) is 26.8 Å². The summed E-state index contributed by atoms with van der Waals surface area (Å²) in [5.41, 5.74) is 3.67. The molecule has 1 atom stereocenters. The molecular weight excluding hydrogens is 329 g/mol. The predicted molar refractivity (Wildman–Crippen MR) is 104 cm³/mol. The number of halogens is 1. The average Bonchev–Trinajstić information content (AvgIpc) is 2.65. The molecule has 0 bridgehead atoms. The number of nitrogens with one attached hydrogen (secondary N) is 1. The Morgan fingerprint density at radius 3 is 2.23 bits per heavy atom. The Hall–Kier alpha value is -2.40. The van der Waals surface area contributed by atoms with Crippen LogP contribution in [0.5, 0.6) is 0 Å². The zero-order chi connectivity index (χ0) is 18.7. The van der Waals surface area contributed by atoms with Crippen LogP contribution in [0.1, 0.15) is 18.1 Å². The van der Waals surface area contributed by atoms with Crippen LogP contribution < -0.4 is 10.2 Å². The molecule has 1 fully saturated rings. The Morgan fingerprint density at radius 2 is 1.62 bits per heavy atom. The first-order chi connectivity index (χ1) is 12.5. The number of rotatable bonds is 4. The number of hydrogen-bond acceptors (Lipinski definition) is 3. The van der Waals surface area contributed by atoms with Crippen molar-refractivity contribution in [1.82, 2.24) is 4.90 Å². The van der Waals surface area contributed by atoms with E-state index >= 15 is 0 Å². The number of carbonyl (C=O) groups is 1. The second kappa shape index (κ2) is 7.87. The molecule has 3 rings (SSSR count). The molecule has 1 aliphatic rings. The number of piperazine rings is 1.